The first-order valence-corrected chi connectivity index (χ1v) is 10.9. The van der Waals surface area contributed by atoms with Gasteiger partial charge in [0, 0.05) is 36.7 Å². The number of hydrogen-bond acceptors (Lipinski definition) is 5. The topological polar surface area (TPSA) is 88.2 Å². The van der Waals surface area contributed by atoms with E-state index in [1.165, 1.54) is 12.1 Å². The van der Waals surface area contributed by atoms with E-state index in [4.69, 9.17) is 0 Å². The largest absolute Gasteiger partial charge is 0.352 e. The summed E-state index contributed by atoms with van der Waals surface area (Å²) < 4.78 is 39.7. The van der Waals surface area contributed by atoms with Gasteiger partial charge in [0.05, 0.1) is 10.6 Å². The highest BCUT2D eigenvalue weighted by molar-refractivity contribution is 7.89. The summed E-state index contributed by atoms with van der Waals surface area (Å²) >= 11 is 1.56. The predicted octanol–water partition coefficient (Wildman–Crippen LogP) is 2.93. The molecule has 2 aromatic heterocycles. The van der Waals surface area contributed by atoms with E-state index in [1.54, 1.807) is 23.6 Å². The van der Waals surface area contributed by atoms with Crippen LogP contribution < -0.4 is 10.0 Å². The molecule has 0 spiro atoms. The molecule has 146 valence electrons. The molecule has 0 saturated heterocycles. The maximum atomic E-state index is 13.2. The van der Waals surface area contributed by atoms with E-state index < -0.39 is 15.8 Å². The highest BCUT2D eigenvalue weighted by atomic mass is 32.2. The Labute approximate surface area is 166 Å². The number of carbonyl (C=O) groups excluding carboxylic acids is 1. The summed E-state index contributed by atoms with van der Waals surface area (Å²) in [4.78, 5) is 16.3. The SMILES string of the molecule is O=C(CCNS(=O)(=O)c1cccc(F)c1)NCc1cccnc1-c1ccsc1. The Morgan fingerprint density at radius 2 is 2.04 bits per heavy atom. The van der Waals surface area contributed by atoms with Crippen LogP contribution in [-0.4, -0.2) is 25.9 Å². The molecular weight excluding hydrogens is 401 g/mol. The van der Waals surface area contributed by atoms with Gasteiger partial charge >= 0.3 is 0 Å². The minimum absolute atomic E-state index is 0.0391. The number of nitrogens with one attached hydrogen (secondary N) is 2. The third-order valence-electron chi connectivity index (χ3n) is 3.91. The summed E-state index contributed by atoms with van der Waals surface area (Å²) in [5.74, 6) is -0.944. The Hall–Kier alpha value is -2.62. The van der Waals surface area contributed by atoms with Crippen molar-refractivity contribution in [3.63, 3.8) is 0 Å². The van der Waals surface area contributed by atoms with Crippen molar-refractivity contribution in [3.05, 3.63) is 70.8 Å². The highest BCUT2D eigenvalue weighted by Crippen LogP contribution is 2.23. The quantitative estimate of drug-likeness (QED) is 0.588. The summed E-state index contributed by atoms with van der Waals surface area (Å²) in [6.45, 7) is 0.198. The molecule has 2 N–H and O–H groups in total. The predicted molar refractivity (Wildman–Crippen MR) is 106 cm³/mol. The lowest BCUT2D eigenvalue weighted by Gasteiger charge is -2.10. The molecule has 3 aromatic rings. The van der Waals surface area contributed by atoms with Gasteiger partial charge in [0.15, 0.2) is 0 Å². The lowest BCUT2D eigenvalue weighted by molar-refractivity contribution is -0.121. The molecule has 0 radical (unpaired) electrons. The van der Waals surface area contributed by atoms with Crippen molar-refractivity contribution in [1.82, 2.24) is 15.0 Å². The summed E-state index contributed by atoms with van der Waals surface area (Å²) in [5.41, 5.74) is 2.66. The molecule has 0 fully saturated rings. The fourth-order valence-corrected chi connectivity index (χ4v) is 4.24. The number of thiophene rings is 1. The third-order valence-corrected chi connectivity index (χ3v) is 6.05. The number of nitrogens with zero attached hydrogens (tertiary/aromatic N) is 1. The number of sulfonamides is 1. The fraction of sp³-hybridized carbons (Fsp3) is 0.158. The third kappa shape index (κ3) is 5.22. The van der Waals surface area contributed by atoms with Crippen molar-refractivity contribution in [2.75, 3.05) is 6.54 Å². The number of aromatic nitrogens is 1. The number of halogens is 1. The molecule has 28 heavy (non-hydrogen) atoms. The number of pyridine rings is 1. The Bertz CT molecular complexity index is 1050. The summed E-state index contributed by atoms with van der Waals surface area (Å²) in [7, 11) is -3.86. The van der Waals surface area contributed by atoms with Crippen LogP contribution in [0.1, 0.15) is 12.0 Å². The molecule has 0 saturated carbocycles. The Kier molecular flexibility index (Phi) is 6.50. The molecule has 0 aliphatic heterocycles. The summed E-state index contributed by atoms with van der Waals surface area (Å²) in [6.07, 6.45) is 1.65. The zero-order valence-electron chi connectivity index (χ0n) is 14.8. The average Bonchev–Trinajstić information content (AvgIpc) is 3.21. The highest BCUT2D eigenvalue weighted by Gasteiger charge is 2.15. The van der Waals surface area contributed by atoms with Gasteiger partial charge in [-0.25, -0.2) is 17.5 Å². The van der Waals surface area contributed by atoms with Gasteiger partial charge in [-0.1, -0.05) is 12.1 Å². The van der Waals surface area contributed by atoms with Gasteiger partial charge in [-0.15, -0.1) is 0 Å². The van der Waals surface area contributed by atoms with Gasteiger partial charge in [-0.2, -0.15) is 11.3 Å². The van der Waals surface area contributed by atoms with Gasteiger partial charge in [-0.3, -0.25) is 9.78 Å². The van der Waals surface area contributed by atoms with Crippen LogP contribution in [0.2, 0.25) is 0 Å². The Balaban J connectivity index is 1.52. The first kappa shape index (κ1) is 20.1. The number of benzene rings is 1. The molecule has 9 heteroatoms. The van der Waals surface area contributed by atoms with Crippen LogP contribution in [-0.2, 0) is 21.4 Å². The van der Waals surface area contributed by atoms with E-state index in [9.17, 15) is 17.6 Å². The van der Waals surface area contributed by atoms with Gasteiger partial charge in [0.1, 0.15) is 5.82 Å². The van der Waals surface area contributed by atoms with Gasteiger partial charge in [0.25, 0.3) is 0 Å². The van der Waals surface area contributed by atoms with Crippen LogP contribution in [0.15, 0.2) is 64.3 Å². The first-order chi connectivity index (χ1) is 13.5. The number of carbonyl (C=O) groups is 1. The fourth-order valence-electron chi connectivity index (χ4n) is 2.54. The van der Waals surface area contributed by atoms with E-state index in [1.807, 2.05) is 22.9 Å². The van der Waals surface area contributed by atoms with Gasteiger partial charge in [0.2, 0.25) is 15.9 Å². The van der Waals surface area contributed by atoms with Crippen molar-refractivity contribution >= 4 is 27.3 Å². The zero-order chi connectivity index (χ0) is 20.0. The molecule has 3 rings (SSSR count). The molecule has 0 aliphatic rings. The van der Waals surface area contributed by atoms with Crippen molar-refractivity contribution in [2.45, 2.75) is 17.9 Å². The van der Waals surface area contributed by atoms with Gasteiger partial charge < -0.3 is 5.32 Å². The molecule has 0 bridgehead atoms. The molecule has 0 atom stereocenters. The second-order valence-corrected chi connectivity index (χ2v) is 8.45. The molecule has 1 aromatic carbocycles. The van der Waals surface area contributed by atoms with E-state index in [-0.39, 0.29) is 30.3 Å². The Morgan fingerprint density at radius 1 is 1.18 bits per heavy atom. The van der Waals surface area contributed by atoms with Crippen molar-refractivity contribution < 1.29 is 17.6 Å². The lowest BCUT2D eigenvalue weighted by Crippen LogP contribution is -2.30. The summed E-state index contributed by atoms with van der Waals surface area (Å²) in [5, 5.41) is 6.70. The molecule has 0 aliphatic carbocycles. The minimum atomic E-state index is -3.86. The minimum Gasteiger partial charge on any atom is -0.352 e. The van der Waals surface area contributed by atoms with Crippen molar-refractivity contribution in [2.24, 2.45) is 0 Å². The molecule has 6 nitrogen and oxygen atoms in total. The van der Waals surface area contributed by atoms with Crippen molar-refractivity contribution in [3.8, 4) is 11.3 Å². The smallest absolute Gasteiger partial charge is 0.240 e. The normalized spacial score (nSPS) is 11.3. The van der Waals surface area contributed by atoms with E-state index in [0.29, 0.717) is 0 Å². The average molecular weight is 420 g/mol. The standard InChI is InChI=1S/C19H18FN3O3S2/c20-16-4-1-5-17(11-16)28(25,26)23-9-6-18(24)22-12-14-3-2-8-21-19(14)15-7-10-27-13-15/h1-5,7-8,10-11,13,23H,6,9,12H2,(H,22,24). The van der Waals surface area contributed by atoms with E-state index >= 15 is 0 Å². The second kappa shape index (κ2) is 9.05. The van der Waals surface area contributed by atoms with E-state index in [2.05, 4.69) is 15.0 Å². The molecule has 0 unspecified atom stereocenters. The maximum Gasteiger partial charge on any atom is 0.240 e. The van der Waals surface area contributed by atoms with Crippen LogP contribution in [0.4, 0.5) is 4.39 Å². The van der Waals surface area contributed by atoms with Gasteiger partial charge in [-0.05, 0) is 41.3 Å². The second-order valence-electron chi connectivity index (χ2n) is 5.91. The van der Waals surface area contributed by atoms with Crippen LogP contribution in [0.3, 0.4) is 0 Å². The van der Waals surface area contributed by atoms with E-state index in [0.717, 1.165) is 29.0 Å². The summed E-state index contributed by atoms with van der Waals surface area (Å²) in [6, 6.07) is 10.3. The van der Waals surface area contributed by atoms with Crippen LogP contribution in [0.5, 0.6) is 0 Å². The Morgan fingerprint density at radius 3 is 2.79 bits per heavy atom. The van der Waals surface area contributed by atoms with Crippen LogP contribution >= 0.6 is 11.3 Å². The number of hydrogen-bond donors (Lipinski definition) is 2. The van der Waals surface area contributed by atoms with Crippen LogP contribution in [0, 0.1) is 5.82 Å². The number of rotatable bonds is 8. The number of amides is 1. The molecule has 2 heterocycles. The van der Waals surface area contributed by atoms with Crippen LogP contribution in [0.25, 0.3) is 11.3 Å². The van der Waals surface area contributed by atoms with Crippen molar-refractivity contribution in [1.29, 1.82) is 0 Å². The molecular formula is C19H18FN3O3S2. The lowest BCUT2D eigenvalue weighted by atomic mass is 10.1. The monoisotopic (exact) mass is 419 g/mol. The zero-order valence-corrected chi connectivity index (χ0v) is 16.4. The first-order valence-electron chi connectivity index (χ1n) is 8.44. The maximum absolute atomic E-state index is 13.2. The molecule has 1 amide bonds.